The predicted octanol–water partition coefficient (Wildman–Crippen LogP) is -0.341. The van der Waals surface area contributed by atoms with Crippen LogP contribution in [0.2, 0.25) is 0 Å². The molecule has 1 atom stereocenters. The van der Waals surface area contributed by atoms with E-state index in [1.165, 1.54) is 0 Å². The predicted molar refractivity (Wildman–Crippen MR) is 80.7 cm³/mol. The van der Waals surface area contributed by atoms with E-state index in [2.05, 4.69) is 20.1 Å². The van der Waals surface area contributed by atoms with Crippen LogP contribution in [0.15, 0.2) is 12.3 Å². The summed E-state index contributed by atoms with van der Waals surface area (Å²) in [4.78, 5) is 0. The van der Waals surface area contributed by atoms with Gasteiger partial charge in [0, 0.05) is 19.8 Å². The summed E-state index contributed by atoms with van der Waals surface area (Å²) in [6, 6.07) is 1.88. The van der Waals surface area contributed by atoms with Crippen LogP contribution in [0.3, 0.4) is 0 Å². The fourth-order valence-electron chi connectivity index (χ4n) is 2.70. The van der Waals surface area contributed by atoms with Crippen molar-refractivity contribution in [2.24, 2.45) is 7.05 Å². The molecule has 1 fully saturated rings. The maximum absolute atomic E-state index is 11.9. The molecule has 0 radical (unpaired) electrons. The molecule has 10 heteroatoms. The first kappa shape index (κ1) is 14.8. The first-order chi connectivity index (χ1) is 11.0. The molecule has 2 aliphatic rings. The van der Waals surface area contributed by atoms with E-state index >= 15 is 0 Å². The van der Waals surface area contributed by atoms with Gasteiger partial charge in [0.2, 0.25) is 10.0 Å². The van der Waals surface area contributed by atoms with E-state index in [9.17, 15) is 8.42 Å². The zero-order valence-electron chi connectivity index (χ0n) is 12.7. The van der Waals surface area contributed by atoms with E-state index < -0.39 is 10.0 Å². The van der Waals surface area contributed by atoms with Gasteiger partial charge in [-0.2, -0.15) is 5.10 Å². The zero-order valence-corrected chi connectivity index (χ0v) is 13.5. The number of ether oxygens (including phenoxy) is 1. The molecule has 0 bridgehead atoms. The second kappa shape index (κ2) is 5.39. The number of sulfonamides is 1. The summed E-state index contributed by atoms with van der Waals surface area (Å²) in [7, 11) is -1.34. The van der Waals surface area contributed by atoms with Crippen LogP contribution in [-0.2, 0) is 35.0 Å². The van der Waals surface area contributed by atoms with Crippen LogP contribution in [0.1, 0.15) is 18.5 Å². The number of aryl methyl sites for hydroxylation is 1. The molecule has 23 heavy (non-hydrogen) atoms. The van der Waals surface area contributed by atoms with E-state index in [-0.39, 0.29) is 17.9 Å². The Morgan fingerprint density at radius 2 is 2.26 bits per heavy atom. The summed E-state index contributed by atoms with van der Waals surface area (Å²) in [5.74, 6) is 0. The highest BCUT2D eigenvalue weighted by Crippen LogP contribution is 2.28. The highest BCUT2D eigenvalue weighted by atomic mass is 32.2. The van der Waals surface area contributed by atoms with Gasteiger partial charge in [0.05, 0.1) is 35.9 Å². The number of nitrogens with one attached hydrogen (secondary N) is 1. The normalized spacial score (nSPS) is 21.3. The fraction of sp³-hybridized carbons (Fsp3) is 0.615. The molecular formula is C13H18N6O3S. The number of aromatic nitrogens is 5. The monoisotopic (exact) mass is 338 g/mol. The van der Waals surface area contributed by atoms with Crippen molar-refractivity contribution in [3.8, 4) is 11.4 Å². The van der Waals surface area contributed by atoms with Crippen LogP contribution in [0.5, 0.6) is 0 Å². The van der Waals surface area contributed by atoms with Crippen molar-refractivity contribution in [3.05, 3.63) is 18.0 Å². The quantitative estimate of drug-likeness (QED) is 0.800. The molecule has 0 spiro atoms. The van der Waals surface area contributed by atoms with Crippen LogP contribution in [0, 0.1) is 0 Å². The van der Waals surface area contributed by atoms with Gasteiger partial charge in [-0.3, -0.25) is 4.68 Å². The molecule has 4 rings (SSSR count). The third-order valence-corrected chi connectivity index (χ3v) is 6.13. The lowest BCUT2D eigenvalue weighted by Crippen LogP contribution is -2.40. The van der Waals surface area contributed by atoms with Crippen molar-refractivity contribution < 1.29 is 13.2 Å². The Morgan fingerprint density at radius 1 is 1.43 bits per heavy atom. The number of rotatable bonds is 5. The van der Waals surface area contributed by atoms with Gasteiger partial charge in [0.25, 0.3) is 0 Å². The largest absolute Gasteiger partial charge is 0.369 e. The van der Waals surface area contributed by atoms with Gasteiger partial charge < -0.3 is 4.74 Å². The second-order valence-corrected chi connectivity index (χ2v) is 7.98. The number of fused-ring (bicyclic) bond motifs is 1. The Bertz CT molecular complexity index is 823. The summed E-state index contributed by atoms with van der Waals surface area (Å²) in [5.41, 5.74) is 2.51. The Kier molecular flexibility index (Phi) is 3.47. The summed E-state index contributed by atoms with van der Waals surface area (Å²) >= 11 is 0. The van der Waals surface area contributed by atoms with Crippen LogP contribution < -0.4 is 4.72 Å². The molecule has 1 N–H and O–H groups in total. The van der Waals surface area contributed by atoms with E-state index in [1.54, 1.807) is 15.6 Å². The molecule has 9 nitrogen and oxygen atoms in total. The maximum Gasteiger partial charge on any atom is 0.214 e. The summed E-state index contributed by atoms with van der Waals surface area (Å²) in [5, 5.41) is 12.3. The van der Waals surface area contributed by atoms with Crippen molar-refractivity contribution in [1.29, 1.82) is 0 Å². The molecule has 3 heterocycles. The average Bonchev–Trinajstić information content (AvgIpc) is 3.20. The molecular weight excluding hydrogens is 320 g/mol. The Hall–Kier alpha value is -1.78. The van der Waals surface area contributed by atoms with Crippen LogP contribution in [0.25, 0.3) is 11.4 Å². The van der Waals surface area contributed by atoms with E-state index in [0.29, 0.717) is 13.2 Å². The fourth-order valence-corrected chi connectivity index (χ4v) is 4.11. The summed E-state index contributed by atoms with van der Waals surface area (Å²) in [6.07, 6.45) is 2.97. The van der Waals surface area contributed by atoms with Crippen LogP contribution in [-0.4, -0.2) is 51.1 Å². The van der Waals surface area contributed by atoms with E-state index in [0.717, 1.165) is 29.9 Å². The minimum atomic E-state index is -3.19. The first-order valence-electron chi connectivity index (χ1n) is 7.55. The van der Waals surface area contributed by atoms with Crippen molar-refractivity contribution in [2.45, 2.75) is 37.3 Å². The number of nitrogens with zero attached hydrogens (tertiary/aromatic N) is 5. The van der Waals surface area contributed by atoms with Gasteiger partial charge in [-0.15, -0.1) is 5.10 Å². The van der Waals surface area contributed by atoms with Gasteiger partial charge in [0.15, 0.2) is 0 Å². The van der Waals surface area contributed by atoms with Crippen LogP contribution in [0.4, 0.5) is 0 Å². The van der Waals surface area contributed by atoms with Gasteiger partial charge in [0.1, 0.15) is 5.69 Å². The molecule has 0 aromatic carbocycles. The lowest BCUT2D eigenvalue weighted by Gasteiger charge is -2.24. The molecule has 1 aliphatic heterocycles. The summed E-state index contributed by atoms with van der Waals surface area (Å²) in [6.45, 7) is 1.09. The van der Waals surface area contributed by atoms with Crippen molar-refractivity contribution in [1.82, 2.24) is 29.5 Å². The number of hydrogen-bond donors (Lipinski definition) is 1. The van der Waals surface area contributed by atoms with Crippen molar-refractivity contribution in [2.75, 3.05) is 6.54 Å². The Morgan fingerprint density at radius 3 is 2.96 bits per heavy atom. The molecule has 0 unspecified atom stereocenters. The third-order valence-electron chi connectivity index (χ3n) is 4.21. The van der Waals surface area contributed by atoms with Crippen molar-refractivity contribution >= 4 is 10.0 Å². The van der Waals surface area contributed by atoms with Gasteiger partial charge in [-0.05, 0) is 18.9 Å². The molecule has 2 aromatic heterocycles. The van der Waals surface area contributed by atoms with E-state index in [4.69, 9.17) is 4.74 Å². The molecule has 124 valence electrons. The SMILES string of the molecule is Cn1nccc1-c1nnn2c1CO[C@H](CNS(=O)(=O)C1CC1)C2. The molecule has 1 saturated carbocycles. The second-order valence-electron chi connectivity index (χ2n) is 5.93. The molecule has 2 aromatic rings. The van der Waals surface area contributed by atoms with Crippen molar-refractivity contribution in [3.63, 3.8) is 0 Å². The Labute approximate surface area is 133 Å². The lowest BCUT2D eigenvalue weighted by molar-refractivity contribution is 0.00429. The van der Waals surface area contributed by atoms with E-state index in [1.807, 2.05) is 13.1 Å². The van der Waals surface area contributed by atoms with Gasteiger partial charge in [-0.25, -0.2) is 17.8 Å². The zero-order chi connectivity index (χ0) is 16.0. The van der Waals surface area contributed by atoms with Gasteiger partial charge in [-0.1, -0.05) is 5.21 Å². The highest BCUT2D eigenvalue weighted by Gasteiger charge is 2.36. The smallest absolute Gasteiger partial charge is 0.214 e. The Balaban J connectivity index is 1.46. The standard InChI is InChI=1S/C13H18N6O3S/c1-18-11(4-5-14-18)13-12-8-22-9(7-19(12)17-16-13)6-15-23(20,21)10-2-3-10/h4-5,9-10,15H,2-3,6-8H2,1H3/t9-/m1/s1. The summed E-state index contributed by atoms with van der Waals surface area (Å²) < 4.78 is 35.7. The number of hydrogen-bond acceptors (Lipinski definition) is 6. The van der Waals surface area contributed by atoms with Crippen LogP contribution >= 0.6 is 0 Å². The minimum absolute atomic E-state index is 0.218. The minimum Gasteiger partial charge on any atom is -0.369 e. The topological polar surface area (TPSA) is 104 Å². The average molecular weight is 338 g/mol. The highest BCUT2D eigenvalue weighted by molar-refractivity contribution is 7.90. The first-order valence-corrected chi connectivity index (χ1v) is 9.10. The van der Waals surface area contributed by atoms with Gasteiger partial charge >= 0.3 is 0 Å². The molecule has 0 saturated heterocycles. The molecule has 1 aliphatic carbocycles. The molecule has 0 amide bonds. The lowest BCUT2D eigenvalue weighted by atomic mass is 10.2. The third kappa shape index (κ3) is 2.77. The maximum atomic E-state index is 11.9.